The van der Waals surface area contributed by atoms with Crippen LogP contribution >= 0.6 is 0 Å². The summed E-state index contributed by atoms with van der Waals surface area (Å²) in [5.74, 6) is 0.844. The average Bonchev–Trinajstić information content (AvgIpc) is 2.57. The molecule has 78 valence electrons. The maximum Gasteiger partial charge on any atom is 0.163 e. The third-order valence-electron chi connectivity index (χ3n) is 3.13. The molecule has 0 bridgehead atoms. The van der Waals surface area contributed by atoms with Crippen LogP contribution in [0.3, 0.4) is 0 Å². The molecule has 1 saturated carbocycles. The molecule has 1 aliphatic carbocycles. The maximum absolute atomic E-state index is 6.22. The quantitative estimate of drug-likeness (QED) is 0.743. The van der Waals surface area contributed by atoms with Crippen LogP contribution in [0.25, 0.3) is 5.65 Å². The van der Waals surface area contributed by atoms with Gasteiger partial charge in [-0.15, -0.1) is 10.2 Å². The van der Waals surface area contributed by atoms with Gasteiger partial charge < -0.3 is 5.73 Å². The Morgan fingerprint density at radius 2 is 2.20 bits per heavy atom. The smallest absolute Gasteiger partial charge is 0.163 e. The molecule has 0 spiro atoms. The fourth-order valence-electron chi connectivity index (χ4n) is 2.01. The Morgan fingerprint density at radius 1 is 1.40 bits per heavy atom. The van der Waals surface area contributed by atoms with E-state index in [0.717, 1.165) is 30.0 Å². The number of nitrogens with zero attached hydrogens (tertiary/aromatic N) is 4. The molecule has 2 aromatic heterocycles. The van der Waals surface area contributed by atoms with Crippen LogP contribution in [0.15, 0.2) is 12.4 Å². The topological polar surface area (TPSA) is 69.1 Å². The molecule has 0 unspecified atom stereocenters. The SMILES string of the molecule is Cc1cc2nnc(C3(N)CCC3)n2cn1. The van der Waals surface area contributed by atoms with Gasteiger partial charge >= 0.3 is 0 Å². The highest BCUT2D eigenvalue weighted by Gasteiger charge is 2.38. The predicted octanol–water partition coefficient (Wildman–Crippen LogP) is 0.771. The summed E-state index contributed by atoms with van der Waals surface area (Å²) < 4.78 is 1.90. The maximum atomic E-state index is 6.22. The molecule has 0 saturated heterocycles. The molecule has 1 aliphatic rings. The summed E-state index contributed by atoms with van der Waals surface area (Å²) in [7, 11) is 0. The molecule has 2 aromatic rings. The van der Waals surface area contributed by atoms with E-state index in [9.17, 15) is 0 Å². The molecule has 5 nitrogen and oxygen atoms in total. The van der Waals surface area contributed by atoms with Crippen molar-refractivity contribution in [1.82, 2.24) is 19.6 Å². The van der Waals surface area contributed by atoms with Gasteiger partial charge in [-0.3, -0.25) is 4.40 Å². The van der Waals surface area contributed by atoms with Crippen LogP contribution in [0.4, 0.5) is 0 Å². The molecule has 0 atom stereocenters. The van der Waals surface area contributed by atoms with Crippen LogP contribution in [-0.2, 0) is 5.54 Å². The Kier molecular flexibility index (Phi) is 1.62. The number of fused-ring (bicyclic) bond motifs is 1. The minimum atomic E-state index is -0.281. The van der Waals surface area contributed by atoms with Crippen molar-refractivity contribution in [2.75, 3.05) is 0 Å². The van der Waals surface area contributed by atoms with Crippen molar-refractivity contribution in [3.63, 3.8) is 0 Å². The second-order valence-corrected chi connectivity index (χ2v) is 4.29. The van der Waals surface area contributed by atoms with Gasteiger partial charge in [-0.2, -0.15) is 0 Å². The minimum Gasteiger partial charge on any atom is -0.319 e. The zero-order chi connectivity index (χ0) is 10.5. The van der Waals surface area contributed by atoms with Crippen LogP contribution in [0.1, 0.15) is 30.8 Å². The first-order chi connectivity index (χ1) is 7.19. The first-order valence-electron chi connectivity index (χ1n) is 5.16. The van der Waals surface area contributed by atoms with Gasteiger partial charge in [0.05, 0.1) is 5.54 Å². The van der Waals surface area contributed by atoms with Crippen LogP contribution < -0.4 is 5.73 Å². The van der Waals surface area contributed by atoms with Gasteiger partial charge in [0.1, 0.15) is 6.33 Å². The third-order valence-corrected chi connectivity index (χ3v) is 3.13. The molecule has 3 rings (SSSR count). The lowest BCUT2D eigenvalue weighted by molar-refractivity contribution is 0.236. The van der Waals surface area contributed by atoms with E-state index in [4.69, 9.17) is 5.73 Å². The summed E-state index contributed by atoms with van der Waals surface area (Å²) in [6.07, 6.45) is 4.90. The Morgan fingerprint density at radius 3 is 2.87 bits per heavy atom. The van der Waals surface area contributed by atoms with Crippen molar-refractivity contribution in [2.45, 2.75) is 31.7 Å². The highest BCUT2D eigenvalue weighted by atomic mass is 15.3. The van der Waals surface area contributed by atoms with Gasteiger partial charge in [-0.1, -0.05) is 0 Å². The normalized spacial score (nSPS) is 19.1. The second-order valence-electron chi connectivity index (χ2n) is 4.29. The van der Waals surface area contributed by atoms with Crippen LogP contribution in [0.5, 0.6) is 0 Å². The van der Waals surface area contributed by atoms with E-state index in [1.807, 2.05) is 17.4 Å². The van der Waals surface area contributed by atoms with E-state index >= 15 is 0 Å². The molecule has 5 heteroatoms. The van der Waals surface area contributed by atoms with Gasteiger partial charge in [-0.25, -0.2) is 4.98 Å². The molecule has 2 N–H and O–H groups in total. The first kappa shape index (κ1) is 8.79. The Hall–Kier alpha value is -1.49. The van der Waals surface area contributed by atoms with E-state index in [1.54, 1.807) is 6.33 Å². The average molecular weight is 203 g/mol. The number of hydrogen-bond acceptors (Lipinski definition) is 4. The van der Waals surface area contributed by atoms with Crippen molar-refractivity contribution in [1.29, 1.82) is 0 Å². The van der Waals surface area contributed by atoms with Crippen molar-refractivity contribution in [3.8, 4) is 0 Å². The largest absolute Gasteiger partial charge is 0.319 e. The lowest BCUT2D eigenvalue weighted by Crippen LogP contribution is -2.45. The van der Waals surface area contributed by atoms with Gasteiger partial charge in [0.2, 0.25) is 0 Å². The van der Waals surface area contributed by atoms with Gasteiger partial charge in [0.25, 0.3) is 0 Å². The number of aryl methyl sites for hydroxylation is 1. The molecule has 0 radical (unpaired) electrons. The van der Waals surface area contributed by atoms with Gasteiger partial charge in [-0.05, 0) is 26.2 Å². The molecule has 15 heavy (non-hydrogen) atoms. The summed E-state index contributed by atoms with van der Waals surface area (Å²) in [6, 6.07) is 1.92. The van der Waals surface area contributed by atoms with Crippen molar-refractivity contribution < 1.29 is 0 Å². The molecule has 1 fully saturated rings. The summed E-state index contributed by atoms with van der Waals surface area (Å²) in [5.41, 5.74) is 7.71. The fourth-order valence-corrected chi connectivity index (χ4v) is 2.01. The number of aromatic nitrogens is 4. The molecular weight excluding hydrogens is 190 g/mol. The second kappa shape index (κ2) is 2.76. The standard InChI is InChI=1S/C10H13N5/c1-7-5-8-13-14-9(15(8)6-12-7)10(11)3-2-4-10/h5-6H,2-4,11H2,1H3. The number of rotatable bonds is 1. The summed E-state index contributed by atoms with van der Waals surface area (Å²) in [5, 5.41) is 8.30. The first-order valence-corrected chi connectivity index (χ1v) is 5.16. The molecular formula is C10H13N5. The van der Waals surface area contributed by atoms with Crippen LogP contribution in [0, 0.1) is 6.92 Å². The lowest BCUT2D eigenvalue weighted by atomic mass is 9.77. The summed E-state index contributed by atoms with van der Waals surface area (Å²) in [4.78, 5) is 4.24. The predicted molar refractivity (Wildman–Crippen MR) is 55.2 cm³/mol. The third kappa shape index (κ3) is 1.16. The highest BCUT2D eigenvalue weighted by Crippen LogP contribution is 2.37. The fraction of sp³-hybridized carbons (Fsp3) is 0.500. The van der Waals surface area contributed by atoms with Crippen molar-refractivity contribution in [3.05, 3.63) is 23.9 Å². The van der Waals surface area contributed by atoms with Crippen molar-refractivity contribution >= 4 is 5.65 Å². The molecule has 0 aliphatic heterocycles. The zero-order valence-corrected chi connectivity index (χ0v) is 8.64. The van der Waals surface area contributed by atoms with E-state index in [2.05, 4.69) is 15.2 Å². The van der Waals surface area contributed by atoms with E-state index in [0.29, 0.717) is 0 Å². The summed E-state index contributed by atoms with van der Waals surface area (Å²) >= 11 is 0. The Bertz CT molecular complexity index is 512. The number of hydrogen-bond donors (Lipinski definition) is 1. The van der Waals surface area contributed by atoms with Crippen LogP contribution in [-0.4, -0.2) is 19.6 Å². The van der Waals surface area contributed by atoms with Gasteiger partial charge in [0.15, 0.2) is 11.5 Å². The number of nitrogens with two attached hydrogens (primary N) is 1. The molecule has 2 heterocycles. The monoisotopic (exact) mass is 203 g/mol. The van der Waals surface area contributed by atoms with E-state index in [1.165, 1.54) is 6.42 Å². The lowest BCUT2D eigenvalue weighted by Gasteiger charge is -2.35. The highest BCUT2D eigenvalue weighted by molar-refractivity contribution is 5.39. The van der Waals surface area contributed by atoms with Gasteiger partial charge in [0, 0.05) is 11.8 Å². The van der Waals surface area contributed by atoms with Crippen LogP contribution in [0.2, 0.25) is 0 Å². The Balaban J connectivity index is 2.20. The molecule has 0 aromatic carbocycles. The Labute approximate surface area is 87.3 Å². The van der Waals surface area contributed by atoms with Crippen molar-refractivity contribution in [2.24, 2.45) is 5.73 Å². The van der Waals surface area contributed by atoms with E-state index in [-0.39, 0.29) is 5.54 Å². The zero-order valence-electron chi connectivity index (χ0n) is 8.64. The minimum absolute atomic E-state index is 0.281. The van der Waals surface area contributed by atoms with E-state index < -0.39 is 0 Å². The summed E-state index contributed by atoms with van der Waals surface area (Å²) in [6.45, 7) is 1.94. The molecule has 0 amide bonds.